The molecule has 1 rings (SSSR count). The summed E-state index contributed by atoms with van der Waals surface area (Å²) >= 11 is 0. The summed E-state index contributed by atoms with van der Waals surface area (Å²) in [5.41, 5.74) is 0. The highest BCUT2D eigenvalue weighted by molar-refractivity contribution is 7.89. The van der Waals surface area contributed by atoms with Crippen molar-refractivity contribution in [2.24, 2.45) is 0 Å². The van der Waals surface area contributed by atoms with Crippen molar-refractivity contribution in [2.75, 3.05) is 52.1 Å². The monoisotopic (exact) mass is 277 g/mol. The van der Waals surface area contributed by atoms with E-state index in [0.29, 0.717) is 13.1 Å². The first-order chi connectivity index (χ1) is 8.56. The summed E-state index contributed by atoms with van der Waals surface area (Å²) in [7, 11) is -1.37. The Hall–Kier alpha value is -0.170. The zero-order chi connectivity index (χ0) is 13.4. The second-order valence-electron chi connectivity index (χ2n) is 4.94. The molecule has 1 aliphatic heterocycles. The van der Waals surface area contributed by atoms with Gasteiger partial charge >= 0.3 is 0 Å². The third-order valence-electron chi connectivity index (χ3n) is 3.43. The molecule has 0 unspecified atom stereocenters. The molecular weight excluding hydrogens is 250 g/mol. The van der Waals surface area contributed by atoms with Gasteiger partial charge in [0.05, 0.1) is 5.75 Å². The Kier molecular flexibility index (Phi) is 7.14. The highest BCUT2D eigenvalue weighted by Crippen LogP contribution is 2.04. The van der Waals surface area contributed by atoms with E-state index in [1.165, 1.54) is 4.31 Å². The van der Waals surface area contributed by atoms with E-state index in [9.17, 15) is 8.42 Å². The maximum absolute atomic E-state index is 12.1. The molecule has 0 spiro atoms. The van der Waals surface area contributed by atoms with Gasteiger partial charge in [0.2, 0.25) is 10.0 Å². The molecule has 108 valence electrons. The number of hydrogen-bond donors (Lipinski definition) is 1. The molecule has 0 aromatic heterocycles. The normalized spacial score (nSPS) is 18.4. The van der Waals surface area contributed by atoms with Crippen molar-refractivity contribution in [3.8, 4) is 0 Å². The van der Waals surface area contributed by atoms with Crippen molar-refractivity contribution in [1.82, 2.24) is 14.5 Å². The molecule has 1 fully saturated rings. The fourth-order valence-electron chi connectivity index (χ4n) is 2.06. The molecule has 0 amide bonds. The minimum Gasteiger partial charge on any atom is -0.314 e. The molecule has 18 heavy (non-hydrogen) atoms. The van der Waals surface area contributed by atoms with Crippen LogP contribution in [0, 0.1) is 0 Å². The fraction of sp³-hybridized carbons (Fsp3) is 1.00. The van der Waals surface area contributed by atoms with E-state index in [2.05, 4.69) is 17.1 Å². The molecule has 0 atom stereocenters. The molecule has 0 saturated carbocycles. The predicted molar refractivity (Wildman–Crippen MR) is 75.3 cm³/mol. The summed E-state index contributed by atoms with van der Waals surface area (Å²) < 4.78 is 25.6. The molecule has 5 nitrogen and oxygen atoms in total. The van der Waals surface area contributed by atoms with Gasteiger partial charge in [-0.15, -0.1) is 0 Å². The number of hydrogen-bond acceptors (Lipinski definition) is 4. The van der Waals surface area contributed by atoms with E-state index in [1.807, 2.05) is 0 Å². The van der Waals surface area contributed by atoms with E-state index in [4.69, 9.17) is 0 Å². The molecule has 0 aromatic carbocycles. The van der Waals surface area contributed by atoms with Crippen LogP contribution in [0.15, 0.2) is 0 Å². The van der Waals surface area contributed by atoms with Crippen molar-refractivity contribution in [1.29, 1.82) is 0 Å². The summed E-state index contributed by atoms with van der Waals surface area (Å²) in [6.45, 7) is 7.27. The largest absolute Gasteiger partial charge is 0.314 e. The molecule has 0 radical (unpaired) electrons. The van der Waals surface area contributed by atoms with Crippen molar-refractivity contribution < 1.29 is 8.42 Å². The van der Waals surface area contributed by atoms with Crippen LogP contribution in [0.25, 0.3) is 0 Å². The third kappa shape index (κ3) is 5.65. The molecule has 6 heteroatoms. The minimum absolute atomic E-state index is 0.246. The van der Waals surface area contributed by atoms with Crippen molar-refractivity contribution in [3.05, 3.63) is 0 Å². The summed E-state index contributed by atoms with van der Waals surface area (Å²) in [6, 6.07) is 0. The Morgan fingerprint density at radius 2 is 1.89 bits per heavy atom. The first kappa shape index (κ1) is 15.9. The van der Waals surface area contributed by atoms with Crippen molar-refractivity contribution >= 4 is 10.0 Å². The second kappa shape index (κ2) is 8.09. The van der Waals surface area contributed by atoms with Gasteiger partial charge in [0.15, 0.2) is 0 Å². The highest BCUT2D eigenvalue weighted by Gasteiger charge is 2.19. The van der Waals surface area contributed by atoms with Gasteiger partial charge in [-0.2, -0.15) is 0 Å². The Balaban J connectivity index is 2.28. The van der Waals surface area contributed by atoms with Crippen LogP contribution in [0.5, 0.6) is 0 Å². The number of unbranched alkanes of at least 4 members (excludes halogenated alkanes) is 2. The van der Waals surface area contributed by atoms with Gasteiger partial charge in [-0.05, 0) is 6.42 Å². The van der Waals surface area contributed by atoms with Crippen LogP contribution >= 0.6 is 0 Å². The average Bonchev–Trinajstić information content (AvgIpc) is 2.38. The standard InChI is InChI=1S/C12H27N3O2S/c1-3-4-5-8-14(2)18(16,17)12-11-15-9-6-13-7-10-15/h13H,3-12H2,1-2H3. The van der Waals surface area contributed by atoms with E-state index in [0.717, 1.165) is 45.4 Å². The lowest BCUT2D eigenvalue weighted by atomic mass is 10.2. The molecule has 1 saturated heterocycles. The lowest BCUT2D eigenvalue weighted by molar-refractivity contribution is 0.252. The smallest absolute Gasteiger partial charge is 0.215 e. The molecule has 1 aliphatic rings. The van der Waals surface area contributed by atoms with Crippen LogP contribution in [0.3, 0.4) is 0 Å². The van der Waals surface area contributed by atoms with E-state index in [-0.39, 0.29) is 5.75 Å². The minimum atomic E-state index is -3.07. The number of rotatable bonds is 8. The molecule has 0 aliphatic carbocycles. The summed E-state index contributed by atoms with van der Waals surface area (Å²) in [6.07, 6.45) is 3.17. The Morgan fingerprint density at radius 3 is 2.50 bits per heavy atom. The molecule has 0 aromatic rings. The topological polar surface area (TPSA) is 52.7 Å². The van der Waals surface area contributed by atoms with Crippen molar-refractivity contribution in [3.63, 3.8) is 0 Å². The van der Waals surface area contributed by atoms with Gasteiger partial charge < -0.3 is 5.32 Å². The van der Waals surface area contributed by atoms with Crippen LogP contribution < -0.4 is 5.32 Å². The maximum Gasteiger partial charge on any atom is 0.215 e. The number of sulfonamides is 1. The number of nitrogens with zero attached hydrogens (tertiary/aromatic N) is 2. The SMILES string of the molecule is CCCCCN(C)S(=O)(=O)CCN1CCNCC1. The average molecular weight is 277 g/mol. The lowest BCUT2D eigenvalue weighted by Crippen LogP contribution is -2.46. The number of nitrogens with one attached hydrogen (secondary N) is 1. The molecule has 1 heterocycles. The summed E-state index contributed by atoms with van der Waals surface area (Å²) in [5, 5.41) is 3.27. The second-order valence-corrected chi connectivity index (χ2v) is 7.13. The van der Waals surface area contributed by atoms with Gasteiger partial charge in [-0.25, -0.2) is 12.7 Å². The quantitative estimate of drug-likeness (QED) is 0.650. The maximum atomic E-state index is 12.1. The van der Waals surface area contributed by atoms with Crippen LogP contribution in [0.1, 0.15) is 26.2 Å². The number of piperazine rings is 1. The van der Waals surface area contributed by atoms with Gasteiger partial charge in [-0.3, -0.25) is 4.90 Å². The summed E-state index contributed by atoms with van der Waals surface area (Å²) in [5.74, 6) is 0.246. The zero-order valence-corrected chi connectivity index (χ0v) is 12.5. The van der Waals surface area contributed by atoms with Crippen molar-refractivity contribution in [2.45, 2.75) is 26.2 Å². The van der Waals surface area contributed by atoms with Crippen LogP contribution in [-0.4, -0.2) is 69.7 Å². The first-order valence-corrected chi connectivity index (χ1v) is 8.54. The van der Waals surface area contributed by atoms with Crippen LogP contribution in [0.2, 0.25) is 0 Å². The Labute approximate surface area is 112 Å². The van der Waals surface area contributed by atoms with Crippen LogP contribution in [0.4, 0.5) is 0 Å². The third-order valence-corrected chi connectivity index (χ3v) is 5.26. The lowest BCUT2D eigenvalue weighted by Gasteiger charge is -2.27. The predicted octanol–water partition coefficient (Wildman–Crippen LogP) is 0.343. The van der Waals surface area contributed by atoms with Gasteiger partial charge in [0.25, 0.3) is 0 Å². The molecular formula is C12H27N3O2S. The van der Waals surface area contributed by atoms with Gasteiger partial charge in [0.1, 0.15) is 0 Å². The first-order valence-electron chi connectivity index (χ1n) is 6.93. The molecule has 1 N–H and O–H groups in total. The highest BCUT2D eigenvalue weighted by atomic mass is 32.2. The fourth-order valence-corrected chi connectivity index (χ4v) is 3.27. The Morgan fingerprint density at radius 1 is 1.22 bits per heavy atom. The van der Waals surface area contributed by atoms with Crippen LogP contribution in [-0.2, 0) is 10.0 Å². The van der Waals surface area contributed by atoms with E-state index in [1.54, 1.807) is 7.05 Å². The van der Waals surface area contributed by atoms with Gasteiger partial charge in [-0.1, -0.05) is 19.8 Å². The summed E-state index contributed by atoms with van der Waals surface area (Å²) in [4.78, 5) is 2.22. The van der Waals surface area contributed by atoms with E-state index < -0.39 is 10.0 Å². The molecule has 0 bridgehead atoms. The van der Waals surface area contributed by atoms with E-state index >= 15 is 0 Å². The van der Waals surface area contributed by atoms with Gasteiger partial charge in [0, 0.05) is 46.3 Å². The Bertz CT molecular complexity index is 313. The zero-order valence-electron chi connectivity index (χ0n) is 11.7.